The molecule has 0 aliphatic rings. The molecule has 0 heterocycles. The van der Waals surface area contributed by atoms with Crippen LogP contribution in [0.5, 0.6) is 0 Å². The third kappa shape index (κ3) is 3.86. The Morgan fingerprint density at radius 3 is 1.76 bits per heavy atom. The Morgan fingerprint density at radius 1 is 0.720 bits per heavy atom. The third-order valence-electron chi connectivity index (χ3n) is 4.08. The minimum absolute atomic E-state index is 0.0920. The SMILES string of the molecule is O=C(C[C@H](c1ccccc1)S(=O)(=O)c1ccccc1)c1ccccc1. The van der Waals surface area contributed by atoms with Crippen molar-refractivity contribution in [3.8, 4) is 0 Å². The molecule has 0 radical (unpaired) electrons. The normalized spacial score (nSPS) is 12.5. The standard InChI is InChI=1S/C21H18O3S/c22-20(17-10-4-1-5-11-17)16-21(18-12-6-2-7-13-18)25(23,24)19-14-8-3-9-15-19/h1-15,21H,16H2/t21-/m1/s1. The van der Waals surface area contributed by atoms with Crippen LogP contribution >= 0.6 is 0 Å². The second-order valence-electron chi connectivity index (χ2n) is 5.75. The lowest BCUT2D eigenvalue weighted by Gasteiger charge is -2.18. The molecule has 0 fully saturated rings. The smallest absolute Gasteiger partial charge is 0.185 e. The first-order valence-electron chi connectivity index (χ1n) is 8.01. The summed E-state index contributed by atoms with van der Waals surface area (Å²) in [5.41, 5.74) is 1.14. The highest BCUT2D eigenvalue weighted by atomic mass is 32.2. The van der Waals surface area contributed by atoms with Crippen molar-refractivity contribution in [1.29, 1.82) is 0 Å². The van der Waals surface area contributed by atoms with Gasteiger partial charge < -0.3 is 0 Å². The highest BCUT2D eigenvalue weighted by molar-refractivity contribution is 7.91. The van der Waals surface area contributed by atoms with E-state index < -0.39 is 15.1 Å². The predicted molar refractivity (Wildman–Crippen MR) is 98.2 cm³/mol. The molecule has 0 aromatic heterocycles. The van der Waals surface area contributed by atoms with Gasteiger partial charge in [0.05, 0.1) is 10.1 Å². The van der Waals surface area contributed by atoms with Gasteiger partial charge in [0, 0.05) is 12.0 Å². The molecule has 0 amide bonds. The molecule has 0 saturated carbocycles. The molecule has 0 unspecified atom stereocenters. The topological polar surface area (TPSA) is 51.2 Å². The van der Waals surface area contributed by atoms with Gasteiger partial charge in [-0.25, -0.2) is 8.42 Å². The molecule has 3 rings (SSSR count). The van der Waals surface area contributed by atoms with E-state index in [0.717, 1.165) is 0 Å². The van der Waals surface area contributed by atoms with Gasteiger partial charge in [-0.15, -0.1) is 0 Å². The maximum absolute atomic E-state index is 13.1. The van der Waals surface area contributed by atoms with Crippen molar-refractivity contribution in [1.82, 2.24) is 0 Å². The fraction of sp³-hybridized carbons (Fsp3) is 0.0952. The molecular weight excluding hydrogens is 332 g/mol. The molecule has 0 saturated heterocycles. The zero-order valence-corrected chi connectivity index (χ0v) is 14.4. The van der Waals surface area contributed by atoms with Gasteiger partial charge in [-0.05, 0) is 17.7 Å². The first kappa shape index (κ1) is 17.1. The summed E-state index contributed by atoms with van der Waals surface area (Å²) in [7, 11) is -3.68. The van der Waals surface area contributed by atoms with E-state index in [-0.39, 0.29) is 17.1 Å². The Morgan fingerprint density at radius 2 is 1.20 bits per heavy atom. The fourth-order valence-corrected chi connectivity index (χ4v) is 4.51. The van der Waals surface area contributed by atoms with Gasteiger partial charge in [-0.2, -0.15) is 0 Å². The second kappa shape index (κ2) is 7.45. The van der Waals surface area contributed by atoms with Gasteiger partial charge in [0.1, 0.15) is 0 Å². The number of rotatable bonds is 6. The van der Waals surface area contributed by atoms with Crippen LogP contribution in [0, 0.1) is 0 Å². The molecule has 0 aliphatic heterocycles. The Hall–Kier alpha value is -2.72. The van der Waals surface area contributed by atoms with E-state index in [4.69, 9.17) is 0 Å². The van der Waals surface area contributed by atoms with Gasteiger partial charge in [0.15, 0.2) is 15.6 Å². The molecule has 0 spiro atoms. The van der Waals surface area contributed by atoms with Gasteiger partial charge in [-0.3, -0.25) is 4.79 Å². The number of carbonyl (C=O) groups excluding carboxylic acids is 1. The van der Waals surface area contributed by atoms with Crippen LogP contribution in [-0.4, -0.2) is 14.2 Å². The van der Waals surface area contributed by atoms with Crippen molar-refractivity contribution >= 4 is 15.6 Å². The first-order chi connectivity index (χ1) is 12.1. The van der Waals surface area contributed by atoms with Crippen molar-refractivity contribution in [2.24, 2.45) is 0 Å². The van der Waals surface area contributed by atoms with Crippen LogP contribution in [0.1, 0.15) is 27.6 Å². The number of ketones is 1. The Labute approximate surface area is 147 Å². The number of hydrogen-bond donors (Lipinski definition) is 0. The van der Waals surface area contributed by atoms with Gasteiger partial charge >= 0.3 is 0 Å². The Kier molecular flexibility index (Phi) is 5.10. The lowest BCUT2D eigenvalue weighted by molar-refractivity contribution is 0.0980. The number of hydrogen-bond acceptors (Lipinski definition) is 3. The van der Waals surface area contributed by atoms with E-state index in [2.05, 4.69) is 0 Å². The number of benzene rings is 3. The van der Waals surface area contributed by atoms with Crippen LogP contribution in [-0.2, 0) is 9.84 Å². The van der Waals surface area contributed by atoms with Crippen LogP contribution in [0.25, 0.3) is 0 Å². The maximum Gasteiger partial charge on any atom is 0.185 e. The molecule has 3 nitrogen and oxygen atoms in total. The largest absolute Gasteiger partial charge is 0.294 e. The summed E-state index contributed by atoms with van der Waals surface area (Å²) in [5, 5.41) is -0.913. The summed E-state index contributed by atoms with van der Waals surface area (Å²) >= 11 is 0. The van der Waals surface area contributed by atoms with E-state index in [1.54, 1.807) is 78.9 Å². The lowest BCUT2D eigenvalue weighted by Crippen LogP contribution is -2.18. The maximum atomic E-state index is 13.1. The summed E-state index contributed by atoms with van der Waals surface area (Å²) in [6.45, 7) is 0. The second-order valence-corrected chi connectivity index (χ2v) is 7.88. The van der Waals surface area contributed by atoms with Crippen molar-refractivity contribution < 1.29 is 13.2 Å². The van der Waals surface area contributed by atoms with Crippen molar-refractivity contribution in [3.05, 3.63) is 102 Å². The Bertz CT molecular complexity index is 934. The number of sulfone groups is 1. The highest BCUT2D eigenvalue weighted by Gasteiger charge is 2.31. The molecule has 0 bridgehead atoms. The lowest BCUT2D eigenvalue weighted by atomic mass is 10.0. The van der Waals surface area contributed by atoms with Crippen molar-refractivity contribution in [3.63, 3.8) is 0 Å². The molecule has 25 heavy (non-hydrogen) atoms. The van der Waals surface area contributed by atoms with Crippen LogP contribution in [0.15, 0.2) is 95.9 Å². The van der Waals surface area contributed by atoms with Gasteiger partial charge in [0.25, 0.3) is 0 Å². The summed E-state index contributed by atoms with van der Waals surface area (Å²) in [4.78, 5) is 12.9. The minimum atomic E-state index is -3.68. The Balaban J connectivity index is 2.01. The molecule has 3 aromatic rings. The van der Waals surface area contributed by atoms with Crippen LogP contribution in [0.2, 0.25) is 0 Å². The van der Waals surface area contributed by atoms with E-state index in [1.165, 1.54) is 0 Å². The zero-order valence-electron chi connectivity index (χ0n) is 13.6. The van der Waals surface area contributed by atoms with Crippen LogP contribution in [0.4, 0.5) is 0 Å². The molecule has 1 atom stereocenters. The molecule has 3 aromatic carbocycles. The summed E-state index contributed by atoms with van der Waals surface area (Å²) < 4.78 is 26.3. The average Bonchev–Trinajstić information content (AvgIpc) is 2.68. The zero-order chi connectivity index (χ0) is 17.7. The van der Waals surface area contributed by atoms with E-state index >= 15 is 0 Å². The first-order valence-corrected chi connectivity index (χ1v) is 9.56. The van der Waals surface area contributed by atoms with Gasteiger partial charge in [0.2, 0.25) is 0 Å². The summed E-state index contributed by atoms with van der Waals surface area (Å²) in [6, 6.07) is 26.0. The predicted octanol–water partition coefficient (Wildman–Crippen LogP) is 4.47. The van der Waals surface area contributed by atoms with Crippen molar-refractivity contribution in [2.45, 2.75) is 16.6 Å². The summed E-state index contributed by atoms with van der Waals surface area (Å²) in [5.74, 6) is -0.186. The average molecular weight is 350 g/mol. The molecule has 126 valence electrons. The highest BCUT2D eigenvalue weighted by Crippen LogP contribution is 2.32. The molecule has 0 aliphatic carbocycles. The molecule has 0 N–H and O–H groups in total. The third-order valence-corrected chi connectivity index (χ3v) is 6.20. The quantitative estimate of drug-likeness (QED) is 0.616. The van der Waals surface area contributed by atoms with Crippen molar-refractivity contribution in [2.75, 3.05) is 0 Å². The van der Waals surface area contributed by atoms with E-state index in [0.29, 0.717) is 11.1 Å². The van der Waals surface area contributed by atoms with Gasteiger partial charge in [-0.1, -0.05) is 78.9 Å². The van der Waals surface area contributed by atoms with E-state index in [1.807, 2.05) is 12.1 Å². The van der Waals surface area contributed by atoms with Crippen LogP contribution in [0.3, 0.4) is 0 Å². The molecule has 4 heteroatoms. The fourth-order valence-electron chi connectivity index (χ4n) is 2.76. The van der Waals surface area contributed by atoms with E-state index in [9.17, 15) is 13.2 Å². The monoisotopic (exact) mass is 350 g/mol. The summed E-state index contributed by atoms with van der Waals surface area (Å²) in [6.07, 6.45) is -0.0920. The number of Topliss-reactive ketones (excluding diaryl/α,β-unsaturated/α-hetero) is 1. The molecular formula is C21H18O3S. The number of carbonyl (C=O) groups is 1. The van der Waals surface area contributed by atoms with Crippen LogP contribution < -0.4 is 0 Å². The minimum Gasteiger partial charge on any atom is -0.294 e.